The number of imidazole rings is 1. The van der Waals surface area contributed by atoms with E-state index in [1.807, 2.05) is 35.0 Å². The van der Waals surface area contributed by atoms with Crippen molar-refractivity contribution in [2.45, 2.75) is 43.7 Å². The fourth-order valence-corrected chi connectivity index (χ4v) is 4.75. The Hall–Kier alpha value is -2.67. The minimum Gasteiger partial charge on any atom is -0.348 e. The van der Waals surface area contributed by atoms with Crippen LogP contribution in [0.2, 0.25) is 0 Å². The molecule has 0 aromatic carbocycles. The summed E-state index contributed by atoms with van der Waals surface area (Å²) in [6, 6.07) is 7.55. The topological polar surface area (TPSA) is 72.7 Å². The van der Waals surface area contributed by atoms with Gasteiger partial charge in [0.25, 0.3) is 5.91 Å². The molecule has 0 atom stereocenters. The molecule has 1 amide bonds. The van der Waals surface area contributed by atoms with Gasteiger partial charge in [0.15, 0.2) is 0 Å². The minimum atomic E-state index is -0.0945. The molecular formula is C22H25N5OS. The van der Waals surface area contributed by atoms with Gasteiger partial charge in [-0.3, -0.25) is 9.36 Å². The quantitative estimate of drug-likeness (QED) is 0.592. The highest BCUT2D eigenvalue weighted by Crippen LogP contribution is 2.30. The second-order valence-electron chi connectivity index (χ2n) is 7.35. The number of nitrogens with one attached hydrogen (secondary N) is 1. The summed E-state index contributed by atoms with van der Waals surface area (Å²) in [6.07, 6.45) is 15.4. The SMILES string of the molecule is O=C(NCc1ccc(-n2ccnc2)nc1)c1cccnc1SCC1CCCCC1. The van der Waals surface area contributed by atoms with Gasteiger partial charge in [0.05, 0.1) is 5.56 Å². The molecule has 1 aliphatic carbocycles. The van der Waals surface area contributed by atoms with Crippen LogP contribution in [-0.2, 0) is 6.54 Å². The molecule has 1 fully saturated rings. The maximum Gasteiger partial charge on any atom is 0.254 e. The highest BCUT2D eigenvalue weighted by atomic mass is 32.2. The third kappa shape index (κ3) is 5.23. The van der Waals surface area contributed by atoms with Crippen molar-refractivity contribution in [2.24, 2.45) is 5.92 Å². The average molecular weight is 408 g/mol. The number of hydrogen-bond acceptors (Lipinski definition) is 5. The average Bonchev–Trinajstić information content (AvgIpc) is 3.32. The molecule has 0 radical (unpaired) electrons. The van der Waals surface area contributed by atoms with Crippen molar-refractivity contribution in [2.75, 3.05) is 5.75 Å². The Kier molecular flexibility index (Phi) is 6.56. The first-order valence-corrected chi connectivity index (χ1v) is 11.1. The lowest BCUT2D eigenvalue weighted by molar-refractivity contribution is 0.0947. The van der Waals surface area contributed by atoms with E-state index in [1.54, 1.807) is 36.7 Å². The summed E-state index contributed by atoms with van der Waals surface area (Å²) in [4.78, 5) is 25.7. The maximum absolute atomic E-state index is 12.7. The highest BCUT2D eigenvalue weighted by molar-refractivity contribution is 7.99. The standard InChI is InChI=1S/C22H25N5OS/c28-21(26-14-18-8-9-20(25-13-18)27-12-11-23-16-27)19-7-4-10-24-22(19)29-15-17-5-2-1-3-6-17/h4,7-13,16-17H,1-3,5-6,14-15H2,(H,26,28). The van der Waals surface area contributed by atoms with Crippen molar-refractivity contribution in [3.8, 4) is 5.82 Å². The van der Waals surface area contributed by atoms with Crippen molar-refractivity contribution >= 4 is 17.7 Å². The normalized spacial score (nSPS) is 14.6. The van der Waals surface area contributed by atoms with Gasteiger partial charge in [0.2, 0.25) is 0 Å². The molecule has 7 heteroatoms. The van der Waals surface area contributed by atoms with Crippen LogP contribution in [0, 0.1) is 5.92 Å². The Morgan fingerprint density at radius 2 is 2.03 bits per heavy atom. The number of pyridine rings is 2. The van der Waals surface area contributed by atoms with Gasteiger partial charge in [0.1, 0.15) is 17.2 Å². The zero-order valence-electron chi connectivity index (χ0n) is 16.3. The Bertz CT molecular complexity index is 921. The molecule has 1 N–H and O–H groups in total. The molecule has 0 aliphatic heterocycles. The number of carbonyl (C=O) groups is 1. The van der Waals surface area contributed by atoms with E-state index in [0.717, 1.165) is 28.1 Å². The molecule has 1 aliphatic rings. The first-order chi connectivity index (χ1) is 14.3. The number of amides is 1. The lowest BCUT2D eigenvalue weighted by atomic mass is 9.91. The van der Waals surface area contributed by atoms with Gasteiger partial charge in [-0.25, -0.2) is 15.0 Å². The number of hydrogen-bond donors (Lipinski definition) is 1. The van der Waals surface area contributed by atoms with Crippen LogP contribution < -0.4 is 5.32 Å². The first-order valence-electron chi connectivity index (χ1n) is 10.1. The largest absolute Gasteiger partial charge is 0.348 e. The first kappa shape index (κ1) is 19.6. The van der Waals surface area contributed by atoms with E-state index in [4.69, 9.17) is 0 Å². The van der Waals surface area contributed by atoms with E-state index in [1.165, 1.54) is 32.1 Å². The minimum absolute atomic E-state index is 0.0945. The zero-order valence-corrected chi connectivity index (χ0v) is 17.1. The van der Waals surface area contributed by atoms with Crippen LogP contribution in [0.5, 0.6) is 0 Å². The molecule has 0 spiro atoms. The van der Waals surface area contributed by atoms with Crippen molar-refractivity contribution in [3.63, 3.8) is 0 Å². The van der Waals surface area contributed by atoms with E-state index in [0.29, 0.717) is 12.1 Å². The van der Waals surface area contributed by atoms with Gasteiger partial charge >= 0.3 is 0 Å². The summed E-state index contributed by atoms with van der Waals surface area (Å²) in [6.45, 7) is 0.428. The molecule has 3 aromatic rings. The number of rotatable bonds is 7. The van der Waals surface area contributed by atoms with Gasteiger partial charge in [-0.1, -0.05) is 25.3 Å². The molecular weight excluding hydrogens is 382 g/mol. The third-order valence-electron chi connectivity index (χ3n) is 5.23. The molecule has 1 saturated carbocycles. The van der Waals surface area contributed by atoms with Gasteiger partial charge in [-0.05, 0) is 42.5 Å². The van der Waals surface area contributed by atoms with Gasteiger partial charge in [-0.15, -0.1) is 11.8 Å². The molecule has 150 valence electrons. The van der Waals surface area contributed by atoms with Gasteiger partial charge in [0, 0.05) is 37.1 Å². The summed E-state index contributed by atoms with van der Waals surface area (Å²) in [5.74, 6) is 2.48. The third-order valence-corrected chi connectivity index (χ3v) is 6.46. The Morgan fingerprint density at radius 3 is 2.79 bits per heavy atom. The summed E-state index contributed by atoms with van der Waals surface area (Å²) in [5, 5.41) is 3.82. The predicted molar refractivity (Wildman–Crippen MR) is 114 cm³/mol. The molecule has 3 aromatic heterocycles. The fraction of sp³-hybridized carbons (Fsp3) is 0.364. The number of carbonyl (C=O) groups excluding carboxylic acids is 1. The zero-order chi connectivity index (χ0) is 19.9. The van der Waals surface area contributed by atoms with Gasteiger partial charge in [-0.2, -0.15) is 0 Å². The molecule has 6 nitrogen and oxygen atoms in total. The van der Waals surface area contributed by atoms with Crippen LogP contribution in [-0.4, -0.2) is 31.2 Å². The summed E-state index contributed by atoms with van der Waals surface area (Å²) in [7, 11) is 0. The lowest BCUT2D eigenvalue weighted by Gasteiger charge is -2.21. The van der Waals surface area contributed by atoms with Crippen molar-refractivity contribution in [1.82, 2.24) is 24.8 Å². The Labute approximate surface area is 175 Å². The van der Waals surface area contributed by atoms with Crippen molar-refractivity contribution in [3.05, 3.63) is 66.5 Å². The number of nitrogens with zero attached hydrogens (tertiary/aromatic N) is 4. The maximum atomic E-state index is 12.7. The molecule has 0 bridgehead atoms. The van der Waals surface area contributed by atoms with E-state index in [9.17, 15) is 4.79 Å². The van der Waals surface area contributed by atoms with Crippen LogP contribution >= 0.6 is 11.8 Å². The summed E-state index contributed by atoms with van der Waals surface area (Å²) >= 11 is 1.71. The monoisotopic (exact) mass is 407 g/mol. The van der Waals surface area contributed by atoms with Crippen LogP contribution in [0.1, 0.15) is 48.0 Å². The van der Waals surface area contributed by atoms with Crippen molar-refractivity contribution in [1.29, 1.82) is 0 Å². The van der Waals surface area contributed by atoms with Crippen LogP contribution in [0.4, 0.5) is 0 Å². The van der Waals surface area contributed by atoms with E-state index in [-0.39, 0.29) is 5.91 Å². The molecule has 29 heavy (non-hydrogen) atoms. The fourth-order valence-electron chi connectivity index (χ4n) is 3.58. The predicted octanol–water partition coefficient (Wildman–Crippen LogP) is 4.26. The van der Waals surface area contributed by atoms with E-state index < -0.39 is 0 Å². The lowest BCUT2D eigenvalue weighted by Crippen LogP contribution is -2.24. The second-order valence-corrected chi connectivity index (χ2v) is 8.36. The number of thioether (sulfide) groups is 1. The molecule has 3 heterocycles. The van der Waals surface area contributed by atoms with Crippen molar-refractivity contribution < 1.29 is 4.79 Å². The summed E-state index contributed by atoms with van der Waals surface area (Å²) in [5.41, 5.74) is 1.60. The molecule has 4 rings (SSSR count). The molecule has 0 saturated heterocycles. The number of aromatic nitrogens is 4. The smallest absolute Gasteiger partial charge is 0.254 e. The van der Waals surface area contributed by atoms with E-state index in [2.05, 4.69) is 20.3 Å². The van der Waals surface area contributed by atoms with Gasteiger partial charge < -0.3 is 5.32 Å². The molecule has 0 unspecified atom stereocenters. The summed E-state index contributed by atoms with van der Waals surface area (Å²) < 4.78 is 1.84. The Morgan fingerprint density at radius 1 is 1.14 bits per heavy atom. The Balaban J connectivity index is 1.34. The van der Waals surface area contributed by atoms with E-state index >= 15 is 0 Å². The van der Waals surface area contributed by atoms with Crippen LogP contribution in [0.25, 0.3) is 5.82 Å². The highest BCUT2D eigenvalue weighted by Gasteiger charge is 2.17. The van der Waals surface area contributed by atoms with Crippen LogP contribution in [0.15, 0.2) is 60.4 Å². The van der Waals surface area contributed by atoms with Crippen LogP contribution in [0.3, 0.4) is 0 Å². The second kappa shape index (κ2) is 9.69.